The maximum absolute atomic E-state index is 5.94. The lowest BCUT2D eigenvalue weighted by molar-refractivity contribution is 0.0700. The zero-order valence-corrected chi connectivity index (χ0v) is 22.8. The van der Waals surface area contributed by atoms with Gasteiger partial charge in [-0.1, -0.05) is 0 Å². The Labute approximate surface area is 188 Å². The molecule has 0 aliphatic rings. The molecule has 0 bridgehead atoms. The Hall–Kier alpha value is 0.154. The molecular weight excluding hydrogens is 418 g/mol. The second-order valence-corrected chi connectivity index (χ2v) is 12.6. The highest BCUT2D eigenvalue weighted by molar-refractivity contribution is 6.61. The molecule has 0 saturated carbocycles. The predicted octanol–water partition coefficient (Wildman–Crippen LogP) is 4.58. The fourth-order valence-corrected chi connectivity index (χ4v) is 8.93. The third-order valence-electron chi connectivity index (χ3n) is 4.73. The van der Waals surface area contributed by atoms with Gasteiger partial charge in [0, 0.05) is 51.7 Å². The molecule has 9 heteroatoms. The molecule has 0 rings (SSSR count). The summed E-state index contributed by atoms with van der Waals surface area (Å²) in [5.74, 6) is 0. The smallest absolute Gasteiger partial charge is 0.374 e. The van der Waals surface area contributed by atoms with Crippen molar-refractivity contribution in [2.24, 2.45) is 0 Å². The maximum Gasteiger partial charge on any atom is 0.500 e. The summed E-state index contributed by atoms with van der Waals surface area (Å²) in [4.78, 5) is 2.40. The molecule has 0 heterocycles. The van der Waals surface area contributed by atoms with Crippen LogP contribution >= 0.6 is 0 Å². The standard InChI is InChI=1S/C21H49NO6Si2/c1-8-23-29(24-9-2,25-10-3)20-16-14-18-22(7)19-15-17-21-30(26-11-4,27-12-5)28-13-6/h8-21H2,1-7H3. The van der Waals surface area contributed by atoms with Gasteiger partial charge in [-0.25, -0.2) is 0 Å². The molecule has 0 radical (unpaired) electrons. The van der Waals surface area contributed by atoms with Crippen LogP contribution in [0.15, 0.2) is 0 Å². The first-order chi connectivity index (χ1) is 14.5. The van der Waals surface area contributed by atoms with E-state index in [0.717, 1.165) is 50.9 Å². The zero-order valence-electron chi connectivity index (χ0n) is 20.8. The topological polar surface area (TPSA) is 58.6 Å². The van der Waals surface area contributed by atoms with E-state index in [1.165, 1.54) is 0 Å². The highest BCUT2D eigenvalue weighted by atomic mass is 28.4. The summed E-state index contributed by atoms with van der Waals surface area (Å²) >= 11 is 0. The third kappa shape index (κ3) is 12.9. The summed E-state index contributed by atoms with van der Waals surface area (Å²) in [5.41, 5.74) is 0. The molecule has 30 heavy (non-hydrogen) atoms. The van der Waals surface area contributed by atoms with E-state index >= 15 is 0 Å². The first-order valence-electron chi connectivity index (χ1n) is 12.0. The second kappa shape index (κ2) is 18.7. The van der Waals surface area contributed by atoms with Crippen molar-refractivity contribution in [1.82, 2.24) is 4.90 Å². The number of hydrogen-bond donors (Lipinski definition) is 0. The minimum Gasteiger partial charge on any atom is -0.374 e. The van der Waals surface area contributed by atoms with Gasteiger partial charge in [0.15, 0.2) is 0 Å². The van der Waals surface area contributed by atoms with Crippen LogP contribution in [0.5, 0.6) is 0 Å². The van der Waals surface area contributed by atoms with Gasteiger partial charge >= 0.3 is 17.6 Å². The van der Waals surface area contributed by atoms with Crippen LogP contribution in [0.1, 0.15) is 67.2 Å². The highest BCUT2D eigenvalue weighted by Gasteiger charge is 2.40. The van der Waals surface area contributed by atoms with Gasteiger partial charge in [-0.15, -0.1) is 0 Å². The molecule has 0 unspecified atom stereocenters. The molecule has 0 aromatic heterocycles. The summed E-state index contributed by atoms with van der Waals surface area (Å²) in [7, 11) is -2.81. The summed E-state index contributed by atoms with van der Waals surface area (Å²) in [6.07, 6.45) is 4.36. The van der Waals surface area contributed by atoms with Gasteiger partial charge in [0.1, 0.15) is 0 Å². The van der Waals surface area contributed by atoms with E-state index in [1.807, 2.05) is 41.5 Å². The Bertz CT molecular complexity index is 324. The van der Waals surface area contributed by atoms with Gasteiger partial charge in [0.2, 0.25) is 0 Å². The Morgan fingerprint density at radius 2 is 0.733 bits per heavy atom. The number of rotatable bonds is 22. The van der Waals surface area contributed by atoms with Crippen LogP contribution in [0.4, 0.5) is 0 Å². The number of unbranched alkanes of at least 4 members (excludes halogenated alkanes) is 2. The molecule has 0 aromatic carbocycles. The highest BCUT2D eigenvalue weighted by Crippen LogP contribution is 2.21. The molecule has 0 N–H and O–H groups in total. The van der Waals surface area contributed by atoms with E-state index in [0.29, 0.717) is 39.6 Å². The van der Waals surface area contributed by atoms with E-state index in [1.54, 1.807) is 0 Å². The van der Waals surface area contributed by atoms with Crippen molar-refractivity contribution in [3.63, 3.8) is 0 Å². The van der Waals surface area contributed by atoms with Crippen LogP contribution in [0, 0.1) is 0 Å². The van der Waals surface area contributed by atoms with Crippen molar-refractivity contribution < 1.29 is 26.6 Å². The van der Waals surface area contributed by atoms with Crippen molar-refractivity contribution in [3.05, 3.63) is 0 Å². The van der Waals surface area contributed by atoms with E-state index in [2.05, 4.69) is 11.9 Å². The maximum atomic E-state index is 5.94. The Balaban J connectivity index is 4.25. The minimum absolute atomic E-state index is 0.641. The molecule has 7 nitrogen and oxygen atoms in total. The largest absolute Gasteiger partial charge is 0.500 e. The lowest BCUT2D eigenvalue weighted by atomic mass is 10.3. The molecule has 0 aromatic rings. The van der Waals surface area contributed by atoms with Crippen molar-refractivity contribution in [1.29, 1.82) is 0 Å². The molecular formula is C21H49NO6Si2. The fourth-order valence-electron chi connectivity index (χ4n) is 3.56. The van der Waals surface area contributed by atoms with Crippen molar-refractivity contribution in [2.75, 3.05) is 59.8 Å². The van der Waals surface area contributed by atoms with Crippen molar-refractivity contribution in [3.8, 4) is 0 Å². The molecule has 0 saturated heterocycles. The third-order valence-corrected chi connectivity index (χ3v) is 11.0. The quantitative estimate of drug-likeness (QED) is 0.171. The Morgan fingerprint density at radius 3 is 0.967 bits per heavy atom. The SMILES string of the molecule is CCO[Si](CCCCN(C)CCCC[Si](OCC)(OCC)OCC)(OCC)OCC. The molecule has 0 atom stereocenters. The van der Waals surface area contributed by atoms with E-state index in [-0.39, 0.29) is 0 Å². The van der Waals surface area contributed by atoms with Crippen LogP contribution in [0.2, 0.25) is 12.1 Å². The van der Waals surface area contributed by atoms with Crippen LogP contribution in [-0.2, 0) is 26.6 Å². The van der Waals surface area contributed by atoms with Crippen molar-refractivity contribution >= 4 is 17.6 Å². The van der Waals surface area contributed by atoms with Gasteiger partial charge in [-0.2, -0.15) is 0 Å². The molecule has 0 spiro atoms. The number of nitrogens with zero attached hydrogens (tertiary/aromatic N) is 1. The Morgan fingerprint density at radius 1 is 0.467 bits per heavy atom. The first-order valence-corrected chi connectivity index (χ1v) is 15.8. The summed E-state index contributed by atoms with van der Waals surface area (Å²) in [5, 5.41) is 0. The monoisotopic (exact) mass is 467 g/mol. The van der Waals surface area contributed by atoms with Crippen LogP contribution in [0.3, 0.4) is 0 Å². The predicted molar refractivity (Wildman–Crippen MR) is 127 cm³/mol. The van der Waals surface area contributed by atoms with Crippen LogP contribution < -0.4 is 0 Å². The molecule has 0 aliphatic carbocycles. The summed E-state index contributed by atoms with van der Waals surface area (Å²) < 4.78 is 35.6. The van der Waals surface area contributed by atoms with E-state index in [4.69, 9.17) is 26.6 Å². The molecule has 0 fully saturated rings. The Kier molecular flexibility index (Phi) is 18.8. The van der Waals surface area contributed by atoms with Gasteiger partial charge in [0.25, 0.3) is 0 Å². The van der Waals surface area contributed by atoms with Crippen molar-refractivity contribution in [2.45, 2.75) is 79.3 Å². The van der Waals surface area contributed by atoms with Crippen LogP contribution in [-0.4, -0.2) is 82.3 Å². The van der Waals surface area contributed by atoms with E-state index < -0.39 is 17.6 Å². The average molecular weight is 468 g/mol. The summed E-state index contributed by atoms with van der Waals surface area (Å²) in [6.45, 7) is 18.0. The zero-order chi connectivity index (χ0) is 22.7. The summed E-state index contributed by atoms with van der Waals surface area (Å²) in [6, 6.07) is 1.78. The first kappa shape index (κ1) is 30.2. The average Bonchev–Trinajstić information content (AvgIpc) is 2.70. The van der Waals surface area contributed by atoms with Gasteiger partial charge in [-0.05, 0) is 87.4 Å². The van der Waals surface area contributed by atoms with Gasteiger partial charge in [-0.3, -0.25) is 0 Å². The second-order valence-electron chi connectivity index (χ2n) is 7.18. The minimum atomic E-state index is -2.50. The molecule has 182 valence electrons. The fraction of sp³-hybridized carbons (Fsp3) is 1.00. The van der Waals surface area contributed by atoms with Crippen LogP contribution in [0.25, 0.3) is 0 Å². The lowest BCUT2D eigenvalue weighted by Gasteiger charge is -2.29. The molecule has 0 amide bonds. The molecule has 0 aliphatic heterocycles. The van der Waals surface area contributed by atoms with Gasteiger partial charge < -0.3 is 31.5 Å². The number of hydrogen-bond acceptors (Lipinski definition) is 7. The van der Waals surface area contributed by atoms with E-state index in [9.17, 15) is 0 Å². The van der Waals surface area contributed by atoms with Gasteiger partial charge in [0.05, 0.1) is 0 Å². The normalized spacial score (nSPS) is 12.8. The lowest BCUT2D eigenvalue weighted by Crippen LogP contribution is -2.46.